The molecular formula is C12H12N2O3. The van der Waals surface area contributed by atoms with Crippen LogP contribution in [0.4, 0.5) is 5.69 Å². The maximum Gasteiger partial charge on any atom is 0.250 e. The molecule has 0 aliphatic rings. The summed E-state index contributed by atoms with van der Waals surface area (Å²) in [6.45, 7) is 0.0455. The Morgan fingerprint density at radius 3 is 2.76 bits per heavy atom. The summed E-state index contributed by atoms with van der Waals surface area (Å²) in [5.74, 6) is 0.514. The molecule has 0 atom stereocenters. The van der Waals surface area contributed by atoms with Crippen molar-refractivity contribution in [3.63, 3.8) is 0 Å². The van der Waals surface area contributed by atoms with Crippen LogP contribution in [0.2, 0.25) is 0 Å². The molecule has 1 aromatic carbocycles. The predicted molar refractivity (Wildman–Crippen MR) is 62.4 cm³/mol. The average Bonchev–Trinajstić information content (AvgIpc) is 2.84. The van der Waals surface area contributed by atoms with Crippen LogP contribution in [0.15, 0.2) is 41.3 Å². The summed E-state index contributed by atoms with van der Waals surface area (Å²) in [5.41, 5.74) is 1.63. The molecule has 17 heavy (non-hydrogen) atoms. The normalized spacial score (nSPS) is 10.2. The number of nitrogens with zero attached hydrogens (tertiary/aromatic N) is 1. The van der Waals surface area contributed by atoms with Crippen molar-refractivity contribution in [1.29, 1.82) is 0 Å². The number of amides is 1. The van der Waals surface area contributed by atoms with Gasteiger partial charge in [-0.1, -0.05) is 0 Å². The lowest BCUT2D eigenvalue weighted by Crippen LogP contribution is -2.16. The number of ether oxygens (including phenoxy) is 1. The van der Waals surface area contributed by atoms with Crippen LogP contribution in [0.3, 0.4) is 0 Å². The lowest BCUT2D eigenvalue weighted by atomic mass is 10.2. The molecule has 0 aliphatic carbocycles. The van der Waals surface area contributed by atoms with Crippen LogP contribution in [-0.4, -0.2) is 24.6 Å². The summed E-state index contributed by atoms with van der Waals surface area (Å²) in [4.78, 5) is 15.1. The Hall–Kier alpha value is -2.14. The first-order chi connectivity index (χ1) is 8.29. The number of methoxy groups -OCH3 is 1. The molecular weight excluding hydrogens is 220 g/mol. The van der Waals surface area contributed by atoms with Crippen molar-refractivity contribution in [3.05, 3.63) is 36.9 Å². The van der Waals surface area contributed by atoms with E-state index in [0.717, 1.165) is 11.3 Å². The van der Waals surface area contributed by atoms with Crippen LogP contribution < -0.4 is 5.32 Å². The van der Waals surface area contributed by atoms with E-state index in [-0.39, 0.29) is 12.5 Å². The first-order valence-electron chi connectivity index (χ1n) is 5.07. The fraction of sp³-hybridized carbons (Fsp3) is 0.167. The van der Waals surface area contributed by atoms with Crippen LogP contribution in [0.1, 0.15) is 0 Å². The molecule has 2 rings (SSSR count). The molecule has 1 aromatic heterocycles. The summed E-state index contributed by atoms with van der Waals surface area (Å²) in [6.07, 6.45) is 3.02. The highest BCUT2D eigenvalue weighted by molar-refractivity contribution is 5.91. The van der Waals surface area contributed by atoms with Crippen molar-refractivity contribution in [2.75, 3.05) is 19.0 Å². The van der Waals surface area contributed by atoms with E-state index in [1.165, 1.54) is 13.5 Å². The molecule has 88 valence electrons. The monoisotopic (exact) mass is 232 g/mol. The number of carbonyl (C=O) groups is 1. The van der Waals surface area contributed by atoms with E-state index >= 15 is 0 Å². The van der Waals surface area contributed by atoms with Gasteiger partial charge in [-0.05, 0) is 24.3 Å². The molecule has 1 amide bonds. The van der Waals surface area contributed by atoms with Gasteiger partial charge in [-0.3, -0.25) is 4.79 Å². The van der Waals surface area contributed by atoms with Gasteiger partial charge in [-0.25, -0.2) is 4.98 Å². The third kappa shape index (κ3) is 2.92. The van der Waals surface area contributed by atoms with E-state index in [1.54, 1.807) is 18.3 Å². The van der Waals surface area contributed by atoms with Gasteiger partial charge < -0.3 is 14.5 Å². The van der Waals surface area contributed by atoms with Crippen molar-refractivity contribution < 1.29 is 13.9 Å². The number of carbonyl (C=O) groups excluding carboxylic acids is 1. The minimum Gasteiger partial charge on any atom is -0.444 e. The van der Waals surface area contributed by atoms with Crippen LogP contribution in [0, 0.1) is 0 Å². The Morgan fingerprint density at radius 1 is 1.41 bits per heavy atom. The highest BCUT2D eigenvalue weighted by atomic mass is 16.5. The van der Waals surface area contributed by atoms with E-state index < -0.39 is 0 Å². The maximum absolute atomic E-state index is 11.3. The van der Waals surface area contributed by atoms with E-state index in [0.29, 0.717) is 5.76 Å². The van der Waals surface area contributed by atoms with Gasteiger partial charge in [-0.2, -0.15) is 0 Å². The fourth-order valence-electron chi connectivity index (χ4n) is 1.40. The van der Waals surface area contributed by atoms with Gasteiger partial charge in [0, 0.05) is 18.4 Å². The van der Waals surface area contributed by atoms with Crippen LogP contribution in [0.5, 0.6) is 0 Å². The second kappa shape index (κ2) is 5.27. The Balaban J connectivity index is 2.06. The van der Waals surface area contributed by atoms with Crippen molar-refractivity contribution in [3.8, 4) is 11.3 Å². The third-order valence-corrected chi connectivity index (χ3v) is 2.16. The fourth-order valence-corrected chi connectivity index (χ4v) is 1.40. The zero-order chi connectivity index (χ0) is 12.1. The molecule has 0 saturated heterocycles. The number of oxazole rings is 1. The van der Waals surface area contributed by atoms with Crippen molar-refractivity contribution in [2.24, 2.45) is 0 Å². The summed E-state index contributed by atoms with van der Waals surface area (Å²) >= 11 is 0. The van der Waals surface area contributed by atoms with Crippen LogP contribution in [-0.2, 0) is 9.53 Å². The largest absolute Gasteiger partial charge is 0.444 e. The molecule has 0 spiro atoms. The molecule has 5 heteroatoms. The molecule has 2 aromatic rings. The number of nitrogens with one attached hydrogen (secondary N) is 1. The zero-order valence-electron chi connectivity index (χ0n) is 9.34. The standard InChI is InChI=1S/C12H12N2O3/c1-16-7-12(15)14-10-4-2-9(3-5-10)11-6-13-8-17-11/h2-6,8H,7H2,1H3,(H,14,15). The molecule has 1 N–H and O–H groups in total. The van der Waals surface area contributed by atoms with Crippen LogP contribution in [0.25, 0.3) is 11.3 Å². The Bertz CT molecular complexity index is 477. The smallest absolute Gasteiger partial charge is 0.250 e. The molecule has 0 fully saturated rings. The van der Waals surface area contributed by atoms with E-state index in [2.05, 4.69) is 10.3 Å². The molecule has 1 heterocycles. The summed E-state index contributed by atoms with van der Waals surface area (Å²) < 4.78 is 9.88. The molecule has 5 nitrogen and oxygen atoms in total. The Kier molecular flexibility index (Phi) is 3.52. The first kappa shape index (κ1) is 11.3. The second-order valence-corrected chi connectivity index (χ2v) is 3.42. The number of rotatable bonds is 4. The topological polar surface area (TPSA) is 64.4 Å². The number of benzene rings is 1. The molecule has 0 bridgehead atoms. The van der Waals surface area contributed by atoms with Gasteiger partial charge in [0.05, 0.1) is 6.20 Å². The predicted octanol–water partition coefficient (Wildman–Crippen LogP) is 1.93. The third-order valence-electron chi connectivity index (χ3n) is 2.16. The minimum absolute atomic E-state index is 0.0455. The highest BCUT2D eigenvalue weighted by Gasteiger charge is 2.03. The first-order valence-corrected chi connectivity index (χ1v) is 5.07. The lowest BCUT2D eigenvalue weighted by molar-refractivity contribution is -0.119. The molecule has 0 saturated carbocycles. The van der Waals surface area contributed by atoms with E-state index in [9.17, 15) is 4.79 Å². The second-order valence-electron chi connectivity index (χ2n) is 3.42. The maximum atomic E-state index is 11.3. The van der Waals surface area contributed by atoms with Gasteiger partial charge in [0.15, 0.2) is 12.2 Å². The number of hydrogen-bond acceptors (Lipinski definition) is 4. The Labute approximate surface area is 98.4 Å². The van der Waals surface area contributed by atoms with Gasteiger partial charge in [0.25, 0.3) is 0 Å². The van der Waals surface area contributed by atoms with Crippen molar-refractivity contribution >= 4 is 11.6 Å². The van der Waals surface area contributed by atoms with Gasteiger partial charge in [0.1, 0.15) is 6.61 Å². The van der Waals surface area contributed by atoms with E-state index in [4.69, 9.17) is 9.15 Å². The number of aromatic nitrogens is 1. The summed E-state index contributed by atoms with van der Waals surface area (Å²) in [5, 5.41) is 2.71. The summed E-state index contributed by atoms with van der Waals surface area (Å²) in [6, 6.07) is 7.29. The van der Waals surface area contributed by atoms with Gasteiger partial charge in [-0.15, -0.1) is 0 Å². The molecule has 0 radical (unpaired) electrons. The van der Waals surface area contributed by atoms with Crippen molar-refractivity contribution in [2.45, 2.75) is 0 Å². The number of hydrogen-bond donors (Lipinski definition) is 1. The minimum atomic E-state index is -0.181. The quantitative estimate of drug-likeness (QED) is 0.874. The summed E-state index contributed by atoms with van der Waals surface area (Å²) in [7, 11) is 1.48. The molecule has 0 aliphatic heterocycles. The Morgan fingerprint density at radius 2 is 2.18 bits per heavy atom. The van der Waals surface area contributed by atoms with Crippen molar-refractivity contribution in [1.82, 2.24) is 4.98 Å². The SMILES string of the molecule is COCC(=O)Nc1ccc(-c2cnco2)cc1. The lowest BCUT2D eigenvalue weighted by Gasteiger charge is -2.04. The zero-order valence-corrected chi connectivity index (χ0v) is 9.34. The number of anilines is 1. The van der Waals surface area contributed by atoms with E-state index in [1.807, 2.05) is 12.1 Å². The highest BCUT2D eigenvalue weighted by Crippen LogP contribution is 2.20. The van der Waals surface area contributed by atoms with Gasteiger partial charge >= 0.3 is 0 Å². The van der Waals surface area contributed by atoms with Crippen LogP contribution >= 0.6 is 0 Å². The van der Waals surface area contributed by atoms with Gasteiger partial charge in [0.2, 0.25) is 5.91 Å². The average molecular weight is 232 g/mol. The molecule has 0 unspecified atom stereocenters.